The highest BCUT2D eigenvalue weighted by Gasteiger charge is 2.25. The first-order chi connectivity index (χ1) is 19.1. The number of fused-ring (bicyclic) bond motifs is 1. The number of imidazole rings is 1. The van der Waals surface area contributed by atoms with Crippen LogP contribution in [0.5, 0.6) is 0 Å². The van der Waals surface area contributed by atoms with Crippen LogP contribution in [0.25, 0.3) is 33.8 Å². The Kier molecular flexibility index (Phi) is 6.62. The minimum absolute atomic E-state index is 0.124. The maximum Gasteiger partial charge on any atom is 0.326 e. The van der Waals surface area contributed by atoms with Crippen LogP contribution in [0.4, 0.5) is 0 Å². The van der Waals surface area contributed by atoms with Gasteiger partial charge in [0.2, 0.25) is 0 Å². The second-order valence-corrected chi connectivity index (χ2v) is 9.83. The monoisotopic (exact) mass is 525 g/mol. The van der Waals surface area contributed by atoms with E-state index in [9.17, 15) is 14.7 Å². The molecule has 198 valence electrons. The van der Waals surface area contributed by atoms with Crippen LogP contribution in [0.1, 0.15) is 54.1 Å². The molecular formula is C28H27N7O4. The number of benzene rings is 2. The van der Waals surface area contributed by atoms with Gasteiger partial charge in [-0.05, 0) is 53.1 Å². The van der Waals surface area contributed by atoms with Crippen LogP contribution < -0.4 is 5.32 Å². The molecule has 11 heteroatoms. The summed E-state index contributed by atoms with van der Waals surface area (Å²) in [5.74, 6) is -0.249. The molecule has 0 bridgehead atoms. The lowest BCUT2D eigenvalue weighted by Gasteiger charge is -2.25. The van der Waals surface area contributed by atoms with E-state index in [1.807, 2.05) is 12.1 Å². The van der Waals surface area contributed by atoms with Gasteiger partial charge in [0.25, 0.3) is 5.91 Å². The lowest BCUT2D eigenvalue weighted by molar-refractivity contribution is -0.139. The van der Waals surface area contributed by atoms with Gasteiger partial charge in [0.05, 0.1) is 22.9 Å². The lowest BCUT2D eigenvalue weighted by Crippen LogP contribution is -2.42. The summed E-state index contributed by atoms with van der Waals surface area (Å²) < 4.78 is 7.59. The van der Waals surface area contributed by atoms with Crippen LogP contribution in [0.2, 0.25) is 0 Å². The molecule has 1 aliphatic carbocycles. The topological polar surface area (TPSA) is 152 Å². The molecule has 1 amide bonds. The van der Waals surface area contributed by atoms with Crippen LogP contribution in [-0.4, -0.2) is 53.2 Å². The molecule has 0 radical (unpaired) electrons. The largest absolute Gasteiger partial charge is 0.480 e. The summed E-state index contributed by atoms with van der Waals surface area (Å²) in [6.45, 7) is 0. The third-order valence-corrected chi connectivity index (χ3v) is 7.29. The number of aromatic nitrogens is 6. The first kappa shape index (κ1) is 24.5. The van der Waals surface area contributed by atoms with E-state index in [0.717, 1.165) is 40.9 Å². The Morgan fingerprint density at radius 1 is 1.08 bits per heavy atom. The number of carboxylic acids is 1. The highest BCUT2D eigenvalue weighted by molar-refractivity contribution is 5.99. The molecule has 6 rings (SSSR count). The predicted molar refractivity (Wildman–Crippen MR) is 142 cm³/mol. The zero-order valence-electron chi connectivity index (χ0n) is 21.1. The Morgan fingerprint density at radius 3 is 2.59 bits per heavy atom. The van der Waals surface area contributed by atoms with E-state index in [0.29, 0.717) is 22.9 Å². The van der Waals surface area contributed by atoms with Gasteiger partial charge in [-0.2, -0.15) is 0 Å². The van der Waals surface area contributed by atoms with Crippen LogP contribution in [0.15, 0.2) is 65.5 Å². The van der Waals surface area contributed by atoms with Gasteiger partial charge in [-0.15, -0.1) is 5.10 Å². The van der Waals surface area contributed by atoms with Gasteiger partial charge >= 0.3 is 5.97 Å². The quantitative estimate of drug-likeness (QED) is 0.269. The summed E-state index contributed by atoms with van der Waals surface area (Å²) in [4.78, 5) is 30.1. The number of nitrogens with zero attached hydrogens (tertiary/aromatic N) is 5. The first-order valence-corrected chi connectivity index (χ1v) is 13.0. The van der Waals surface area contributed by atoms with Crippen molar-refractivity contribution in [1.29, 1.82) is 0 Å². The summed E-state index contributed by atoms with van der Waals surface area (Å²) in [6, 6.07) is 13.7. The second kappa shape index (κ2) is 10.5. The SMILES string of the molecule is O=C(N[C@@H](Cc1ccc(-c2nnn[nH]2)cc1)C(=O)O)c1ccc2c(c1)nc(-c1ccoc1)n2C1CCCCC1. The zero-order valence-corrected chi connectivity index (χ0v) is 21.1. The molecule has 1 saturated carbocycles. The molecule has 3 N–H and O–H groups in total. The van der Waals surface area contributed by atoms with Crippen molar-refractivity contribution in [1.82, 2.24) is 35.5 Å². The summed E-state index contributed by atoms with van der Waals surface area (Å²) in [5, 5.41) is 26.2. The number of carbonyl (C=O) groups is 2. The molecule has 1 atom stereocenters. The van der Waals surface area contributed by atoms with Crippen molar-refractivity contribution in [3.63, 3.8) is 0 Å². The van der Waals surface area contributed by atoms with Gasteiger partial charge in [-0.1, -0.05) is 43.5 Å². The fourth-order valence-electron chi connectivity index (χ4n) is 5.30. The number of aliphatic carboxylic acids is 1. The van der Waals surface area contributed by atoms with Crippen molar-refractivity contribution in [3.8, 4) is 22.8 Å². The van der Waals surface area contributed by atoms with E-state index >= 15 is 0 Å². The van der Waals surface area contributed by atoms with E-state index in [2.05, 4.69) is 30.5 Å². The average molecular weight is 526 g/mol. The number of aromatic amines is 1. The Morgan fingerprint density at radius 2 is 1.90 bits per heavy atom. The van der Waals surface area contributed by atoms with Crippen LogP contribution in [-0.2, 0) is 11.2 Å². The smallest absolute Gasteiger partial charge is 0.326 e. The molecule has 0 saturated heterocycles. The number of hydrogen-bond acceptors (Lipinski definition) is 7. The van der Waals surface area contributed by atoms with Gasteiger partial charge in [0, 0.05) is 23.6 Å². The molecule has 1 aliphatic rings. The number of furan rings is 1. The van der Waals surface area contributed by atoms with E-state index in [1.165, 1.54) is 19.3 Å². The maximum absolute atomic E-state index is 13.2. The number of carboxylic acid groups (broad SMARTS) is 1. The minimum Gasteiger partial charge on any atom is -0.480 e. The zero-order chi connectivity index (χ0) is 26.8. The third-order valence-electron chi connectivity index (χ3n) is 7.29. The number of tetrazole rings is 1. The Hall–Kier alpha value is -4.80. The van der Waals surface area contributed by atoms with Crippen molar-refractivity contribution in [2.24, 2.45) is 0 Å². The highest BCUT2D eigenvalue weighted by atomic mass is 16.4. The van der Waals surface area contributed by atoms with E-state index in [1.54, 1.807) is 48.9 Å². The molecular weight excluding hydrogens is 498 g/mol. The van der Waals surface area contributed by atoms with Crippen molar-refractivity contribution in [3.05, 3.63) is 72.2 Å². The van der Waals surface area contributed by atoms with Crippen LogP contribution >= 0.6 is 0 Å². The third kappa shape index (κ3) is 5.02. The molecule has 39 heavy (non-hydrogen) atoms. The molecule has 2 aromatic carbocycles. The van der Waals surface area contributed by atoms with Gasteiger partial charge in [-0.3, -0.25) is 4.79 Å². The normalized spacial score (nSPS) is 14.9. The van der Waals surface area contributed by atoms with Crippen LogP contribution in [0, 0.1) is 0 Å². The standard InChI is InChI=1S/C28H27N7O4/c36-27(30-23(28(37)38)14-17-6-8-18(9-7-17)25-31-33-34-32-25)19-10-11-24-22(15-19)29-26(20-12-13-39-16-20)35(24)21-4-2-1-3-5-21/h6-13,15-16,21,23H,1-5,14H2,(H,30,36)(H,37,38)(H,31,32,33,34)/t23-/m0/s1. The molecule has 0 unspecified atom stereocenters. The molecule has 5 aromatic rings. The van der Waals surface area contributed by atoms with E-state index in [-0.39, 0.29) is 6.42 Å². The van der Waals surface area contributed by atoms with Crippen molar-refractivity contribution < 1.29 is 19.1 Å². The van der Waals surface area contributed by atoms with Gasteiger partial charge in [0.15, 0.2) is 5.82 Å². The fourth-order valence-corrected chi connectivity index (χ4v) is 5.30. The Balaban J connectivity index is 1.24. The first-order valence-electron chi connectivity index (χ1n) is 13.0. The van der Waals surface area contributed by atoms with Crippen molar-refractivity contribution in [2.45, 2.75) is 50.6 Å². The maximum atomic E-state index is 13.2. The summed E-state index contributed by atoms with van der Waals surface area (Å²) in [7, 11) is 0. The lowest BCUT2D eigenvalue weighted by atomic mass is 9.95. The van der Waals surface area contributed by atoms with E-state index < -0.39 is 17.9 Å². The molecule has 1 fully saturated rings. The van der Waals surface area contributed by atoms with Gasteiger partial charge < -0.3 is 19.4 Å². The number of hydrogen-bond donors (Lipinski definition) is 3. The van der Waals surface area contributed by atoms with Gasteiger partial charge in [-0.25, -0.2) is 14.9 Å². The molecule has 3 heterocycles. The van der Waals surface area contributed by atoms with Crippen LogP contribution in [0.3, 0.4) is 0 Å². The number of H-pyrrole nitrogens is 1. The number of nitrogens with one attached hydrogen (secondary N) is 2. The van der Waals surface area contributed by atoms with E-state index in [4.69, 9.17) is 9.40 Å². The Labute approximate surface area is 223 Å². The average Bonchev–Trinajstić information content (AvgIpc) is 3.74. The number of rotatable bonds is 8. The summed E-state index contributed by atoms with van der Waals surface area (Å²) >= 11 is 0. The Bertz CT molecular complexity index is 1590. The number of carbonyl (C=O) groups excluding carboxylic acids is 1. The molecule has 11 nitrogen and oxygen atoms in total. The molecule has 0 spiro atoms. The predicted octanol–water partition coefficient (Wildman–Crippen LogP) is 4.41. The fraction of sp³-hybridized carbons (Fsp3) is 0.286. The van der Waals surface area contributed by atoms with Gasteiger partial charge in [0.1, 0.15) is 18.1 Å². The number of amides is 1. The minimum atomic E-state index is -1.11. The summed E-state index contributed by atoms with van der Waals surface area (Å²) in [6.07, 6.45) is 9.18. The highest BCUT2D eigenvalue weighted by Crippen LogP contribution is 2.36. The second-order valence-electron chi connectivity index (χ2n) is 9.83. The molecule has 3 aromatic heterocycles. The molecule has 0 aliphatic heterocycles. The van der Waals surface area contributed by atoms with Crippen molar-refractivity contribution >= 4 is 22.9 Å². The van der Waals surface area contributed by atoms with Crippen molar-refractivity contribution in [2.75, 3.05) is 0 Å². The summed E-state index contributed by atoms with van der Waals surface area (Å²) in [5.41, 5.74) is 4.41.